The number of benzene rings is 3. The number of carbonyl (C=O) groups excluding carboxylic acids is 10. The van der Waals surface area contributed by atoms with E-state index in [1.165, 1.54) is 18.7 Å². The second-order valence-corrected chi connectivity index (χ2v) is 22.8. The molecule has 88 heavy (non-hydrogen) atoms. The van der Waals surface area contributed by atoms with Gasteiger partial charge in [0.25, 0.3) is 0 Å². The van der Waals surface area contributed by atoms with Gasteiger partial charge in [-0.1, -0.05) is 118 Å². The van der Waals surface area contributed by atoms with Crippen LogP contribution in [-0.4, -0.2) is 161 Å². The fourth-order valence-electron chi connectivity index (χ4n) is 9.18. The SMILES string of the molecule is CC[C@H](C)[C@H](C)C(=O)N[C@@H](Cc1ccccc1)C(=O)N[C@@H](CCSC)C(=O)N[C@@H](C)C(=O)N[C@@H](Cc1ccccc1)C(=O)N[C@@H](Cc1ccccc1)C(=O)N[C@@H](CO)C(=O)N[C@@H](CCC(=O)O)C(=O)N[C@@H](CCCCN)C(=O)N[C@@H](CCCCN)C(N)=O. The van der Waals surface area contributed by atoms with E-state index in [1.54, 1.807) is 67.6 Å². The lowest BCUT2D eigenvalue weighted by Crippen LogP contribution is -2.61. The topological polar surface area (TPSA) is 415 Å². The number of hydrogen-bond acceptors (Lipinski definition) is 15. The van der Waals surface area contributed by atoms with Crippen molar-refractivity contribution in [3.8, 4) is 0 Å². The Hall–Kier alpha value is -7.94. The van der Waals surface area contributed by atoms with Crippen LogP contribution in [0.2, 0.25) is 0 Å². The highest BCUT2D eigenvalue weighted by Crippen LogP contribution is 2.17. The molecule has 0 fully saturated rings. The van der Waals surface area contributed by atoms with Crippen LogP contribution in [0.4, 0.5) is 0 Å². The van der Waals surface area contributed by atoms with Gasteiger partial charge in [-0.2, -0.15) is 11.8 Å². The molecule has 25 nitrogen and oxygen atoms in total. The van der Waals surface area contributed by atoms with Crippen LogP contribution in [-0.2, 0) is 72.0 Å². The molecule has 0 bridgehead atoms. The molecule has 26 heteroatoms. The largest absolute Gasteiger partial charge is 0.481 e. The van der Waals surface area contributed by atoms with Crippen molar-refractivity contribution in [2.75, 3.05) is 31.7 Å². The summed E-state index contributed by atoms with van der Waals surface area (Å²) in [5.74, 6) is -9.35. The second kappa shape index (κ2) is 40.5. The Morgan fingerprint density at radius 1 is 0.443 bits per heavy atom. The predicted molar refractivity (Wildman–Crippen MR) is 334 cm³/mol. The fraction of sp³-hybridized carbons (Fsp3) is 0.532. The van der Waals surface area contributed by atoms with Gasteiger partial charge in [-0.25, -0.2) is 0 Å². The third kappa shape index (κ3) is 27.0. The summed E-state index contributed by atoms with van der Waals surface area (Å²) in [6.07, 6.45) is 3.37. The number of thioether (sulfide) groups is 1. The molecule has 10 amide bonds. The number of unbranched alkanes of at least 4 members (excludes halogenated alkanes) is 2. The minimum Gasteiger partial charge on any atom is -0.481 e. The van der Waals surface area contributed by atoms with E-state index < -0.39 is 139 Å². The van der Waals surface area contributed by atoms with Crippen molar-refractivity contribution >= 4 is 76.8 Å². The first kappa shape index (κ1) is 74.3. The highest BCUT2D eigenvalue weighted by Gasteiger charge is 2.36. The first-order valence-corrected chi connectivity index (χ1v) is 31.3. The number of aliphatic hydroxyl groups excluding tert-OH is 1. The average molecular weight is 1250 g/mol. The Bertz CT molecular complexity index is 2720. The van der Waals surface area contributed by atoms with Crippen molar-refractivity contribution < 1.29 is 63.0 Å². The summed E-state index contributed by atoms with van der Waals surface area (Å²) < 4.78 is 0. The highest BCUT2D eigenvalue weighted by molar-refractivity contribution is 7.98. The van der Waals surface area contributed by atoms with Gasteiger partial charge in [0.15, 0.2) is 0 Å². The van der Waals surface area contributed by atoms with Gasteiger partial charge in [-0.3, -0.25) is 52.7 Å². The summed E-state index contributed by atoms with van der Waals surface area (Å²) in [4.78, 5) is 150. The maximum atomic E-state index is 14.6. The van der Waals surface area contributed by atoms with Crippen molar-refractivity contribution in [2.24, 2.45) is 29.0 Å². The first-order chi connectivity index (χ1) is 42.0. The van der Waals surface area contributed by atoms with Crippen molar-refractivity contribution in [1.29, 1.82) is 0 Å². The van der Waals surface area contributed by atoms with E-state index >= 15 is 0 Å². The number of rotatable bonds is 42. The van der Waals surface area contributed by atoms with Gasteiger partial charge < -0.3 is 75.3 Å². The minimum absolute atomic E-state index is 0.0244. The Morgan fingerprint density at radius 3 is 1.18 bits per heavy atom. The number of aliphatic hydroxyl groups is 1. The van der Waals surface area contributed by atoms with Crippen LogP contribution in [0.3, 0.4) is 0 Å². The number of nitrogens with two attached hydrogens (primary N) is 3. The standard InChI is InChI=1S/C62H92N12O13S/c1-6-38(2)39(3)54(79)71-48(34-41-20-10-7-11-21-41)59(84)70-47(30-33-88-5)56(81)66-40(4)55(80)72-49(35-42-22-12-8-13-23-42)60(85)73-50(36-43-24-14-9-15-25-43)61(86)74-51(37-75)62(87)69-46(28-29-52(76)77)58(83)68-45(27-17-19-32-64)57(82)67-44(53(65)78)26-16-18-31-63/h7-15,20-25,38-40,44-51,75H,6,16-19,26-37,63-64H2,1-5H3,(H2,65,78)(H,66,81)(H,67,82)(H,68,83)(H,69,87)(H,70,84)(H,71,79)(H,72,80)(H,73,85)(H,74,86)(H,76,77)/t38-,39-,40-,44-,45-,46-,47-,48-,49-,50-,51-/m0/s1. The molecular formula is C62H92N12O13S. The Kier molecular flexibility index (Phi) is 34.2. The molecule has 0 saturated heterocycles. The summed E-state index contributed by atoms with van der Waals surface area (Å²) >= 11 is 1.43. The molecule has 0 spiro atoms. The van der Waals surface area contributed by atoms with E-state index in [1.807, 2.05) is 50.4 Å². The molecule has 17 N–H and O–H groups in total. The molecule has 0 aromatic heterocycles. The smallest absolute Gasteiger partial charge is 0.303 e. The number of carbonyl (C=O) groups is 11. The Balaban J connectivity index is 1.90. The van der Waals surface area contributed by atoms with E-state index in [0.717, 1.165) is 12.0 Å². The molecule has 3 aromatic carbocycles. The van der Waals surface area contributed by atoms with Crippen LogP contribution in [0.5, 0.6) is 0 Å². The normalized spacial score (nSPS) is 14.8. The molecule has 484 valence electrons. The first-order valence-electron chi connectivity index (χ1n) is 29.9. The zero-order valence-electron chi connectivity index (χ0n) is 51.1. The highest BCUT2D eigenvalue weighted by atomic mass is 32.2. The van der Waals surface area contributed by atoms with Crippen LogP contribution in [0, 0.1) is 11.8 Å². The molecule has 0 unspecified atom stereocenters. The Labute approximate surface area is 519 Å². The van der Waals surface area contributed by atoms with E-state index in [-0.39, 0.29) is 56.9 Å². The van der Waals surface area contributed by atoms with Gasteiger partial charge >= 0.3 is 5.97 Å². The third-order valence-electron chi connectivity index (χ3n) is 14.9. The lowest BCUT2D eigenvalue weighted by Gasteiger charge is -2.28. The van der Waals surface area contributed by atoms with Gasteiger partial charge in [-0.05, 0) is 106 Å². The van der Waals surface area contributed by atoms with Crippen LogP contribution >= 0.6 is 11.8 Å². The van der Waals surface area contributed by atoms with Crippen molar-refractivity contribution in [2.45, 2.75) is 166 Å². The van der Waals surface area contributed by atoms with Gasteiger partial charge in [-0.15, -0.1) is 0 Å². The monoisotopic (exact) mass is 1240 g/mol. The zero-order chi connectivity index (χ0) is 65.1. The van der Waals surface area contributed by atoms with Gasteiger partial charge in [0.1, 0.15) is 54.4 Å². The molecule has 0 radical (unpaired) electrons. The lowest BCUT2D eigenvalue weighted by atomic mass is 9.92. The number of carboxylic acid groups (broad SMARTS) is 1. The van der Waals surface area contributed by atoms with Crippen LogP contribution in [0.1, 0.15) is 109 Å². The molecular weight excluding hydrogens is 1150 g/mol. The number of nitrogens with one attached hydrogen (secondary N) is 9. The van der Waals surface area contributed by atoms with Gasteiger partial charge in [0.05, 0.1) is 6.61 Å². The van der Waals surface area contributed by atoms with Crippen molar-refractivity contribution in [1.82, 2.24) is 47.9 Å². The van der Waals surface area contributed by atoms with Crippen LogP contribution < -0.4 is 65.1 Å². The minimum atomic E-state index is -1.81. The molecule has 3 aromatic rings. The molecule has 0 aliphatic carbocycles. The van der Waals surface area contributed by atoms with Gasteiger partial charge in [0, 0.05) is 31.6 Å². The maximum Gasteiger partial charge on any atom is 0.303 e. The zero-order valence-corrected chi connectivity index (χ0v) is 51.9. The van der Waals surface area contributed by atoms with E-state index in [4.69, 9.17) is 17.2 Å². The van der Waals surface area contributed by atoms with E-state index in [0.29, 0.717) is 49.1 Å². The third-order valence-corrected chi connectivity index (χ3v) is 15.6. The van der Waals surface area contributed by atoms with Gasteiger partial charge in [0.2, 0.25) is 59.1 Å². The Morgan fingerprint density at radius 2 is 0.784 bits per heavy atom. The van der Waals surface area contributed by atoms with Crippen molar-refractivity contribution in [3.63, 3.8) is 0 Å². The molecule has 0 saturated carbocycles. The summed E-state index contributed by atoms with van der Waals surface area (Å²) in [6, 6.07) is 13.8. The van der Waals surface area contributed by atoms with Crippen molar-refractivity contribution in [3.05, 3.63) is 108 Å². The molecule has 11 atom stereocenters. The summed E-state index contributed by atoms with van der Waals surface area (Å²) in [5.41, 5.74) is 18.7. The maximum absolute atomic E-state index is 14.6. The number of primary amides is 1. The van der Waals surface area contributed by atoms with E-state index in [9.17, 15) is 63.0 Å². The lowest BCUT2D eigenvalue weighted by molar-refractivity contribution is -0.139. The molecule has 0 heterocycles. The molecule has 0 aliphatic rings. The molecule has 3 rings (SSSR count). The van der Waals surface area contributed by atoms with Crippen LogP contribution in [0.25, 0.3) is 0 Å². The predicted octanol–water partition coefficient (Wildman–Crippen LogP) is 0.133. The average Bonchev–Trinajstić information content (AvgIpc) is 3.69. The summed E-state index contributed by atoms with van der Waals surface area (Å²) in [6.45, 7) is 6.63. The number of aliphatic carboxylic acids is 1. The summed E-state index contributed by atoms with van der Waals surface area (Å²) in [7, 11) is 0. The number of carboxylic acids is 1. The second-order valence-electron chi connectivity index (χ2n) is 21.8. The number of hydrogen-bond donors (Lipinski definition) is 14. The quantitative estimate of drug-likeness (QED) is 0.0335. The molecule has 0 aliphatic heterocycles. The van der Waals surface area contributed by atoms with Crippen LogP contribution in [0.15, 0.2) is 91.0 Å². The van der Waals surface area contributed by atoms with E-state index in [2.05, 4.69) is 47.9 Å². The number of amides is 10. The summed E-state index contributed by atoms with van der Waals surface area (Å²) in [5, 5.41) is 43.8. The fourth-order valence-corrected chi connectivity index (χ4v) is 9.65.